The third kappa shape index (κ3) is 7.00. The normalized spacial score (nSPS) is 18.0. The molecular formula is C30H35NO5. The second kappa shape index (κ2) is 12.3. The molecule has 6 nitrogen and oxygen atoms in total. The van der Waals surface area contributed by atoms with Crippen molar-refractivity contribution in [3.63, 3.8) is 0 Å². The third-order valence-electron chi connectivity index (χ3n) is 6.36. The molecule has 0 aromatic heterocycles. The molecule has 36 heavy (non-hydrogen) atoms. The maximum atomic E-state index is 6.40. The summed E-state index contributed by atoms with van der Waals surface area (Å²) in [5.41, 5.74) is 4.57. The average Bonchev–Trinajstić information content (AvgIpc) is 3.82. The monoisotopic (exact) mass is 489 g/mol. The van der Waals surface area contributed by atoms with Crippen LogP contribution in [0.25, 0.3) is 0 Å². The van der Waals surface area contributed by atoms with E-state index in [0.29, 0.717) is 19.8 Å². The highest BCUT2D eigenvalue weighted by Crippen LogP contribution is 2.33. The molecule has 0 aliphatic carbocycles. The first kappa shape index (κ1) is 24.6. The first-order valence-corrected chi connectivity index (χ1v) is 12.8. The van der Waals surface area contributed by atoms with Gasteiger partial charge in [-0.3, -0.25) is 0 Å². The molecule has 2 aliphatic rings. The number of nitrogens with one attached hydrogen (secondary N) is 1. The topological polar surface area (TPSA) is 64.8 Å². The van der Waals surface area contributed by atoms with Crippen LogP contribution in [-0.4, -0.2) is 58.8 Å². The Morgan fingerprint density at radius 1 is 0.694 bits per heavy atom. The zero-order valence-corrected chi connectivity index (χ0v) is 20.9. The van der Waals surface area contributed by atoms with Crippen LogP contribution in [0.2, 0.25) is 0 Å². The van der Waals surface area contributed by atoms with E-state index < -0.39 is 0 Å². The first-order valence-electron chi connectivity index (χ1n) is 12.8. The molecule has 6 heteroatoms. The van der Waals surface area contributed by atoms with E-state index in [2.05, 4.69) is 47.8 Å². The van der Waals surface area contributed by atoms with Gasteiger partial charge in [0, 0.05) is 12.8 Å². The lowest BCUT2D eigenvalue weighted by Gasteiger charge is -2.18. The van der Waals surface area contributed by atoms with Crippen molar-refractivity contribution in [2.75, 3.05) is 46.6 Å². The summed E-state index contributed by atoms with van der Waals surface area (Å²) in [5.74, 6) is 2.75. The Labute approximate surface area is 213 Å². The quantitative estimate of drug-likeness (QED) is 0.252. The summed E-state index contributed by atoms with van der Waals surface area (Å²) in [6.45, 7) is 4.31. The van der Waals surface area contributed by atoms with Gasteiger partial charge in [-0.25, -0.2) is 0 Å². The lowest BCUT2D eigenvalue weighted by molar-refractivity contribution is 0.258. The Balaban J connectivity index is 1.37. The number of hydrogen-bond donors (Lipinski definition) is 1. The summed E-state index contributed by atoms with van der Waals surface area (Å²) in [6, 6.07) is 22.9. The van der Waals surface area contributed by atoms with Crippen LogP contribution in [0.4, 0.5) is 0 Å². The number of ether oxygens (including phenoxy) is 5. The van der Waals surface area contributed by atoms with Crippen LogP contribution in [0.15, 0.2) is 66.7 Å². The fourth-order valence-electron chi connectivity index (χ4n) is 4.21. The van der Waals surface area contributed by atoms with Crippen LogP contribution in [0, 0.1) is 0 Å². The van der Waals surface area contributed by atoms with E-state index in [1.807, 2.05) is 31.3 Å². The number of hydrogen-bond acceptors (Lipinski definition) is 6. The van der Waals surface area contributed by atoms with Gasteiger partial charge in [-0.1, -0.05) is 54.6 Å². The van der Waals surface area contributed by atoms with Crippen LogP contribution >= 0.6 is 0 Å². The Bertz CT molecular complexity index is 1130. The predicted molar refractivity (Wildman–Crippen MR) is 139 cm³/mol. The maximum Gasteiger partial charge on any atom is 0.126 e. The summed E-state index contributed by atoms with van der Waals surface area (Å²) in [6.07, 6.45) is 2.82. The molecule has 190 valence electrons. The lowest BCUT2D eigenvalue weighted by atomic mass is 9.96. The van der Waals surface area contributed by atoms with Gasteiger partial charge >= 0.3 is 0 Å². The highest BCUT2D eigenvalue weighted by molar-refractivity contribution is 5.49. The van der Waals surface area contributed by atoms with E-state index in [-0.39, 0.29) is 12.2 Å². The zero-order valence-electron chi connectivity index (χ0n) is 20.9. The van der Waals surface area contributed by atoms with E-state index in [9.17, 15) is 0 Å². The molecule has 0 spiro atoms. The fraction of sp³-hybridized carbons (Fsp3) is 0.400. The standard InChI is InChI=1S/C30H35NO5/c1-31-14-7-15-32-28-12-4-2-8-22(28)16-24-10-6-11-25(30(24)36-21-27-19-34-27)17-23-9-3-5-13-29(23)35-20-26-18-33-26/h2-6,8-13,26-27,31H,7,14-21H2,1H3. The van der Waals surface area contributed by atoms with Gasteiger partial charge in [-0.05, 0) is 54.4 Å². The van der Waals surface area contributed by atoms with Crippen molar-refractivity contribution in [3.8, 4) is 17.2 Å². The van der Waals surface area contributed by atoms with E-state index in [0.717, 1.165) is 78.5 Å². The van der Waals surface area contributed by atoms with E-state index >= 15 is 0 Å². The molecule has 3 aromatic rings. The predicted octanol–water partition coefficient (Wildman–Crippen LogP) is 4.41. The van der Waals surface area contributed by atoms with Gasteiger partial charge in [-0.2, -0.15) is 0 Å². The summed E-state index contributed by atoms with van der Waals surface area (Å²) >= 11 is 0. The van der Waals surface area contributed by atoms with Gasteiger partial charge in [0.2, 0.25) is 0 Å². The minimum Gasteiger partial charge on any atom is -0.493 e. The molecule has 2 unspecified atom stereocenters. The first-order chi connectivity index (χ1) is 17.8. The molecule has 2 heterocycles. The van der Waals surface area contributed by atoms with Crippen molar-refractivity contribution in [1.82, 2.24) is 5.32 Å². The fourth-order valence-corrected chi connectivity index (χ4v) is 4.21. The van der Waals surface area contributed by atoms with Crippen molar-refractivity contribution in [2.24, 2.45) is 0 Å². The van der Waals surface area contributed by atoms with Gasteiger partial charge in [0.05, 0.1) is 19.8 Å². The summed E-state index contributed by atoms with van der Waals surface area (Å²) in [7, 11) is 1.96. The highest BCUT2D eigenvalue weighted by atomic mass is 16.6. The summed E-state index contributed by atoms with van der Waals surface area (Å²) < 4.78 is 29.3. The van der Waals surface area contributed by atoms with Crippen LogP contribution in [0.5, 0.6) is 17.2 Å². The third-order valence-corrected chi connectivity index (χ3v) is 6.36. The molecule has 1 N–H and O–H groups in total. The van der Waals surface area contributed by atoms with Crippen molar-refractivity contribution >= 4 is 0 Å². The number of benzene rings is 3. The molecule has 2 aliphatic heterocycles. The Morgan fingerprint density at radius 2 is 1.22 bits per heavy atom. The second-order valence-corrected chi connectivity index (χ2v) is 9.31. The minimum absolute atomic E-state index is 0.183. The molecule has 0 saturated carbocycles. The van der Waals surface area contributed by atoms with Gasteiger partial charge in [0.25, 0.3) is 0 Å². The van der Waals surface area contributed by atoms with E-state index in [1.165, 1.54) is 0 Å². The van der Waals surface area contributed by atoms with Crippen molar-refractivity contribution in [2.45, 2.75) is 31.5 Å². The van der Waals surface area contributed by atoms with Crippen LogP contribution in [0.1, 0.15) is 28.7 Å². The van der Waals surface area contributed by atoms with Gasteiger partial charge in [0.15, 0.2) is 0 Å². The Morgan fingerprint density at radius 3 is 1.81 bits per heavy atom. The van der Waals surface area contributed by atoms with Crippen LogP contribution in [-0.2, 0) is 22.3 Å². The number of para-hydroxylation sites is 3. The highest BCUT2D eigenvalue weighted by Gasteiger charge is 2.25. The van der Waals surface area contributed by atoms with Crippen molar-refractivity contribution in [3.05, 3.63) is 89.0 Å². The van der Waals surface area contributed by atoms with Crippen molar-refractivity contribution < 1.29 is 23.7 Å². The molecular weight excluding hydrogens is 454 g/mol. The molecule has 2 fully saturated rings. The van der Waals surface area contributed by atoms with Crippen LogP contribution in [0.3, 0.4) is 0 Å². The van der Waals surface area contributed by atoms with Crippen molar-refractivity contribution in [1.29, 1.82) is 0 Å². The van der Waals surface area contributed by atoms with Gasteiger partial charge < -0.3 is 29.0 Å². The molecule has 0 bridgehead atoms. The summed E-state index contributed by atoms with van der Waals surface area (Å²) in [4.78, 5) is 0. The SMILES string of the molecule is CNCCCOc1ccccc1Cc1cccc(Cc2ccccc2OCC2CO2)c1OCC1CO1. The molecule has 5 rings (SSSR count). The summed E-state index contributed by atoms with van der Waals surface area (Å²) in [5, 5.41) is 3.17. The smallest absolute Gasteiger partial charge is 0.126 e. The molecule has 2 saturated heterocycles. The second-order valence-electron chi connectivity index (χ2n) is 9.31. The minimum atomic E-state index is 0.183. The number of epoxide rings is 2. The van der Waals surface area contributed by atoms with E-state index in [4.69, 9.17) is 23.7 Å². The molecule has 2 atom stereocenters. The zero-order chi connectivity index (χ0) is 24.6. The van der Waals surface area contributed by atoms with Gasteiger partial charge in [0.1, 0.15) is 42.7 Å². The van der Waals surface area contributed by atoms with Gasteiger partial charge in [-0.15, -0.1) is 0 Å². The van der Waals surface area contributed by atoms with E-state index in [1.54, 1.807) is 0 Å². The molecule has 0 radical (unpaired) electrons. The Kier molecular flexibility index (Phi) is 8.39. The van der Waals surface area contributed by atoms with Crippen LogP contribution < -0.4 is 19.5 Å². The average molecular weight is 490 g/mol. The Hall–Kier alpha value is -3.06. The maximum absolute atomic E-state index is 6.40. The molecule has 0 amide bonds. The number of rotatable bonds is 15. The molecule has 3 aromatic carbocycles. The lowest BCUT2D eigenvalue weighted by Crippen LogP contribution is -2.12. The largest absolute Gasteiger partial charge is 0.493 e.